The second-order valence-corrected chi connectivity index (χ2v) is 4.18. The topological polar surface area (TPSA) is 9.23 Å². The highest BCUT2D eigenvalue weighted by Crippen LogP contribution is 2.42. The van der Waals surface area contributed by atoms with Crippen molar-refractivity contribution in [3.8, 4) is 0 Å². The number of benzene rings is 1. The van der Waals surface area contributed by atoms with Crippen molar-refractivity contribution in [1.29, 1.82) is 0 Å². The van der Waals surface area contributed by atoms with Gasteiger partial charge in [0.1, 0.15) is 0 Å². The van der Waals surface area contributed by atoms with Gasteiger partial charge in [-0.05, 0) is 17.5 Å². The Labute approximate surface area is 108 Å². The average Bonchev–Trinajstić information content (AvgIpc) is 2.34. The lowest BCUT2D eigenvalue weighted by Crippen LogP contribution is -2.38. The summed E-state index contributed by atoms with van der Waals surface area (Å²) < 4.78 is 67.7. The molecule has 6 heteroatoms. The first-order chi connectivity index (χ1) is 8.73. The third-order valence-corrected chi connectivity index (χ3v) is 2.92. The van der Waals surface area contributed by atoms with Crippen LogP contribution in [0.25, 0.3) is 0 Å². The fourth-order valence-electron chi connectivity index (χ4n) is 1.84. The van der Waals surface area contributed by atoms with E-state index in [0.29, 0.717) is 17.5 Å². The second kappa shape index (κ2) is 5.86. The van der Waals surface area contributed by atoms with E-state index in [2.05, 4.69) is 0 Å². The first kappa shape index (κ1) is 15.9. The van der Waals surface area contributed by atoms with Crippen LogP contribution in [-0.4, -0.2) is 19.2 Å². The summed E-state index contributed by atoms with van der Waals surface area (Å²) in [6, 6.07) is 6.50. The van der Waals surface area contributed by atoms with Crippen LogP contribution in [0, 0.1) is 0 Å². The molecule has 0 heterocycles. The molecule has 19 heavy (non-hydrogen) atoms. The van der Waals surface area contributed by atoms with E-state index in [0.717, 1.165) is 7.11 Å². The minimum Gasteiger partial charge on any atom is -0.377 e. The van der Waals surface area contributed by atoms with Crippen molar-refractivity contribution >= 4 is 0 Å². The van der Waals surface area contributed by atoms with Crippen molar-refractivity contribution in [2.75, 3.05) is 7.11 Å². The molecule has 1 unspecified atom stereocenters. The molecule has 1 aromatic rings. The normalized spacial score (nSPS) is 14.5. The molecule has 0 saturated carbocycles. The molecule has 0 aliphatic carbocycles. The third kappa shape index (κ3) is 3.65. The quantitative estimate of drug-likeness (QED) is 0.721. The maximum absolute atomic E-state index is 13.1. The molecule has 1 atom stereocenters. The molecular weight excluding hydrogens is 267 g/mol. The minimum absolute atomic E-state index is 0.372. The van der Waals surface area contributed by atoms with Crippen LogP contribution >= 0.6 is 0 Å². The van der Waals surface area contributed by atoms with Gasteiger partial charge in [0.25, 0.3) is 0 Å². The van der Waals surface area contributed by atoms with Crippen molar-refractivity contribution in [2.24, 2.45) is 0 Å². The Morgan fingerprint density at radius 1 is 1.11 bits per heavy atom. The molecule has 0 saturated heterocycles. The lowest BCUT2D eigenvalue weighted by atomic mass is 9.96. The van der Waals surface area contributed by atoms with Crippen molar-refractivity contribution in [1.82, 2.24) is 0 Å². The Hall–Kier alpha value is -1.17. The molecule has 0 N–H and O–H groups in total. The van der Waals surface area contributed by atoms with Gasteiger partial charge in [-0.2, -0.15) is 22.0 Å². The van der Waals surface area contributed by atoms with Crippen molar-refractivity contribution in [2.45, 2.75) is 38.0 Å². The highest BCUT2D eigenvalue weighted by atomic mass is 19.4. The number of ether oxygens (including phenoxy) is 1. The van der Waals surface area contributed by atoms with Gasteiger partial charge in [0.2, 0.25) is 0 Å². The fourth-order valence-corrected chi connectivity index (χ4v) is 1.84. The van der Waals surface area contributed by atoms with Gasteiger partial charge in [0.15, 0.2) is 0 Å². The molecule has 0 amide bonds. The number of methoxy groups -OCH3 is 1. The Kier molecular flexibility index (Phi) is 4.90. The summed E-state index contributed by atoms with van der Waals surface area (Å²) in [5.41, 5.74) is 1.07. The summed E-state index contributed by atoms with van der Waals surface area (Å²) in [6.45, 7) is 1.80. The number of hydrogen-bond acceptors (Lipinski definition) is 1. The summed E-state index contributed by atoms with van der Waals surface area (Å²) in [6.07, 6.45) is -7.73. The highest BCUT2D eigenvalue weighted by Gasteiger charge is 2.58. The van der Waals surface area contributed by atoms with E-state index in [9.17, 15) is 22.0 Å². The molecule has 0 aromatic heterocycles. The third-order valence-electron chi connectivity index (χ3n) is 2.92. The van der Waals surface area contributed by atoms with Crippen LogP contribution in [0.1, 0.15) is 30.6 Å². The maximum atomic E-state index is 13.1. The van der Waals surface area contributed by atoms with Gasteiger partial charge in [0, 0.05) is 7.11 Å². The highest BCUT2D eigenvalue weighted by molar-refractivity contribution is 5.29. The molecule has 0 spiro atoms. The summed E-state index contributed by atoms with van der Waals surface area (Å²) >= 11 is 0. The first-order valence-electron chi connectivity index (χ1n) is 5.78. The number of alkyl halides is 5. The van der Waals surface area contributed by atoms with Crippen molar-refractivity contribution < 1.29 is 26.7 Å². The second-order valence-electron chi connectivity index (χ2n) is 4.18. The number of aryl methyl sites for hydroxylation is 1. The number of rotatable bonds is 5. The van der Waals surface area contributed by atoms with Gasteiger partial charge >= 0.3 is 12.1 Å². The van der Waals surface area contributed by atoms with Gasteiger partial charge < -0.3 is 4.74 Å². The van der Waals surface area contributed by atoms with Crippen LogP contribution < -0.4 is 0 Å². The van der Waals surface area contributed by atoms with E-state index < -0.39 is 24.6 Å². The first-order valence-corrected chi connectivity index (χ1v) is 5.78. The molecular formula is C13H15F5O. The van der Waals surface area contributed by atoms with Gasteiger partial charge in [-0.3, -0.25) is 0 Å². The lowest BCUT2D eigenvalue weighted by Gasteiger charge is -2.25. The Balaban J connectivity index is 3.02. The monoisotopic (exact) mass is 282 g/mol. The maximum Gasteiger partial charge on any atom is 0.453 e. The Morgan fingerprint density at radius 3 is 2.16 bits per heavy atom. The number of hydrogen-bond donors (Lipinski definition) is 0. The van der Waals surface area contributed by atoms with Crippen LogP contribution in [0.5, 0.6) is 0 Å². The largest absolute Gasteiger partial charge is 0.453 e. The predicted octanol–water partition coefficient (Wildman–Crippen LogP) is 4.52. The average molecular weight is 282 g/mol. The van der Waals surface area contributed by atoms with Crippen LogP contribution in [0.4, 0.5) is 22.0 Å². The zero-order valence-electron chi connectivity index (χ0n) is 10.6. The summed E-state index contributed by atoms with van der Waals surface area (Å²) in [4.78, 5) is 0. The van der Waals surface area contributed by atoms with E-state index in [1.807, 2.05) is 0 Å². The molecule has 108 valence electrons. The van der Waals surface area contributed by atoms with Gasteiger partial charge in [-0.1, -0.05) is 31.2 Å². The van der Waals surface area contributed by atoms with Crippen molar-refractivity contribution in [3.63, 3.8) is 0 Å². The molecule has 0 aliphatic heterocycles. The van der Waals surface area contributed by atoms with Crippen LogP contribution in [-0.2, 0) is 11.2 Å². The van der Waals surface area contributed by atoms with Crippen LogP contribution in [0.15, 0.2) is 24.3 Å². The molecule has 1 nitrogen and oxygen atoms in total. The molecule has 0 radical (unpaired) electrons. The van der Waals surface area contributed by atoms with Crippen LogP contribution in [0.2, 0.25) is 0 Å². The molecule has 1 rings (SSSR count). The van der Waals surface area contributed by atoms with E-state index >= 15 is 0 Å². The van der Waals surface area contributed by atoms with Crippen molar-refractivity contribution in [3.05, 3.63) is 35.4 Å². The summed E-state index contributed by atoms with van der Waals surface area (Å²) in [5.74, 6) is -4.77. The van der Waals surface area contributed by atoms with E-state index in [1.54, 1.807) is 25.1 Å². The van der Waals surface area contributed by atoms with Gasteiger partial charge in [0.05, 0.1) is 12.5 Å². The molecule has 0 bridgehead atoms. The van der Waals surface area contributed by atoms with Crippen LogP contribution in [0.3, 0.4) is 0 Å². The van der Waals surface area contributed by atoms with Gasteiger partial charge in [-0.15, -0.1) is 0 Å². The smallest absolute Gasteiger partial charge is 0.377 e. The Bertz CT molecular complexity index is 414. The molecule has 0 aliphatic rings. The molecule has 0 fully saturated rings. The van der Waals surface area contributed by atoms with E-state index in [4.69, 9.17) is 4.74 Å². The lowest BCUT2D eigenvalue weighted by molar-refractivity contribution is -0.291. The predicted molar refractivity (Wildman–Crippen MR) is 61.2 cm³/mol. The van der Waals surface area contributed by atoms with E-state index in [1.165, 1.54) is 6.07 Å². The molecule has 1 aromatic carbocycles. The summed E-state index contributed by atoms with van der Waals surface area (Å²) in [5, 5.41) is 0. The minimum atomic E-state index is -5.56. The van der Waals surface area contributed by atoms with E-state index in [-0.39, 0.29) is 0 Å². The number of halogens is 5. The fraction of sp³-hybridized carbons (Fsp3) is 0.538. The Morgan fingerprint density at radius 2 is 1.68 bits per heavy atom. The SMILES string of the molecule is CCc1ccccc1C(CC(F)(F)C(F)(F)F)OC. The van der Waals surface area contributed by atoms with Gasteiger partial charge in [-0.25, -0.2) is 0 Å². The zero-order chi connectivity index (χ0) is 14.7. The zero-order valence-corrected chi connectivity index (χ0v) is 10.6. The standard InChI is InChI=1S/C13H15F5O/c1-3-9-6-4-5-7-10(9)11(19-2)8-12(14,15)13(16,17)18/h4-7,11H,3,8H2,1-2H3. The summed E-state index contributed by atoms with van der Waals surface area (Å²) in [7, 11) is 1.13.